The third-order valence-corrected chi connectivity index (χ3v) is 12.9. The second kappa shape index (κ2) is 15.6. The molecule has 1 unspecified atom stereocenters. The number of aliphatic carboxylic acids is 1. The van der Waals surface area contributed by atoms with Gasteiger partial charge < -0.3 is 29.6 Å². The number of piperidine rings is 2. The highest BCUT2D eigenvalue weighted by Gasteiger charge is 2.45. The van der Waals surface area contributed by atoms with Crippen LogP contribution in [0.3, 0.4) is 0 Å². The van der Waals surface area contributed by atoms with E-state index >= 15 is 0 Å². The first-order valence-electron chi connectivity index (χ1n) is 21.1. The van der Waals surface area contributed by atoms with Crippen molar-refractivity contribution in [3.05, 3.63) is 48.8 Å². The second-order valence-electron chi connectivity index (χ2n) is 17.9. The number of anilines is 4. The molecule has 2 aromatic carbocycles. The number of carboxylic acid groups (broad SMARTS) is 1. The Hall–Kier alpha value is -5.48. The van der Waals surface area contributed by atoms with Crippen molar-refractivity contribution in [3.63, 3.8) is 0 Å². The number of amides is 3. The number of aromatic nitrogens is 3. The molecule has 9 rings (SSSR count). The van der Waals surface area contributed by atoms with E-state index in [9.17, 15) is 19.5 Å². The molecule has 0 bridgehead atoms. The van der Waals surface area contributed by atoms with Gasteiger partial charge in [-0.05, 0) is 81.0 Å². The van der Waals surface area contributed by atoms with Crippen molar-refractivity contribution < 1.29 is 24.3 Å². The minimum absolute atomic E-state index is 0.0685. The molecule has 4 aromatic rings. The Bertz CT molecular complexity index is 2260. The molecule has 0 radical (unpaired) electrons. The summed E-state index contributed by atoms with van der Waals surface area (Å²) in [5, 5.41) is 16.0. The van der Waals surface area contributed by atoms with Crippen molar-refractivity contribution in [1.82, 2.24) is 30.2 Å². The molecule has 7 heterocycles. The molecule has 16 nitrogen and oxygen atoms in total. The number of carbonyl (C=O) groups is 3. The molecule has 4 saturated heterocycles. The van der Waals surface area contributed by atoms with Crippen molar-refractivity contribution in [2.45, 2.75) is 78.0 Å². The molecule has 2 aromatic heterocycles. The second-order valence-corrected chi connectivity index (χ2v) is 17.9. The molecule has 3 amide bonds. The summed E-state index contributed by atoms with van der Waals surface area (Å²) in [6.07, 6.45) is 5.61. The van der Waals surface area contributed by atoms with Gasteiger partial charge in [0.1, 0.15) is 24.0 Å². The van der Waals surface area contributed by atoms with Gasteiger partial charge in [-0.1, -0.05) is 20.8 Å². The van der Waals surface area contributed by atoms with E-state index in [4.69, 9.17) is 9.82 Å². The van der Waals surface area contributed by atoms with Crippen molar-refractivity contribution in [2.75, 3.05) is 78.5 Å². The lowest BCUT2D eigenvalue weighted by atomic mass is 9.90. The smallest absolute Gasteiger partial charge is 0.393 e. The number of hydrogen-bond donors (Lipinski definition) is 3. The summed E-state index contributed by atoms with van der Waals surface area (Å²) in [4.78, 5) is 70.7. The van der Waals surface area contributed by atoms with Crippen LogP contribution >= 0.6 is 0 Å². The zero-order chi connectivity index (χ0) is 41.0. The predicted octanol–water partition coefficient (Wildman–Crippen LogP) is 5.06. The highest BCUT2D eigenvalue weighted by atomic mass is 16.7. The van der Waals surface area contributed by atoms with Crippen LogP contribution in [0.25, 0.3) is 21.9 Å². The van der Waals surface area contributed by atoms with Gasteiger partial charge in [-0.15, -0.1) is 5.06 Å². The molecule has 4 fully saturated rings. The van der Waals surface area contributed by atoms with Gasteiger partial charge in [-0.3, -0.25) is 19.9 Å². The van der Waals surface area contributed by atoms with E-state index in [0.717, 1.165) is 105 Å². The monoisotopic (exact) mass is 805 g/mol. The number of urea groups is 1. The number of benzene rings is 2. The quantitative estimate of drug-likeness (QED) is 0.217. The van der Waals surface area contributed by atoms with Crippen LogP contribution in [0.15, 0.2) is 53.8 Å². The first-order chi connectivity index (χ1) is 28.4. The van der Waals surface area contributed by atoms with Gasteiger partial charge in [0.15, 0.2) is 0 Å². The summed E-state index contributed by atoms with van der Waals surface area (Å²) in [6, 6.07) is 14.6. The number of carboxylic acids is 1. The van der Waals surface area contributed by atoms with Gasteiger partial charge in [0.2, 0.25) is 5.91 Å². The van der Waals surface area contributed by atoms with Crippen molar-refractivity contribution in [3.8, 4) is 0 Å². The Morgan fingerprint density at radius 3 is 2.31 bits per heavy atom. The number of rotatable bonds is 8. The molecule has 3 atom stereocenters. The summed E-state index contributed by atoms with van der Waals surface area (Å²) in [5.41, 5.74) is 4.71. The third-order valence-electron chi connectivity index (χ3n) is 12.9. The number of aliphatic imine (C=N–C) groups is 1. The number of piperazine rings is 1. The zero-order valence-corrected chi connectivity index (χ0v) is 34.4. The SMILES string of the molecule is C[C@H]1CC[C@@H](N2OC(C(=O)O)=NC2C(C)(C)C)CN1c1ncnc2[nH]c3cc(N4CCN(CC5CCN(c6ccc(N7CCC(=O)NC7=O)cc6)CC5)CC4)ccc3c12. The molecule has 0 spiro atoms. The Morgan fingerprint density at radius 2 is 1.59 bits per heavy atom. The van der Waals surface area contributed by atoms with Gasteiger partial charge in [0.05, 0.1) is 11.4 Å². The fraction of sp³-hybridized carbons (Fsp3) is 0.535. The molecule has 0 saturated carbocycles. The van der Waals surface area contributed by atoms with E-state index in [-0.39, 0.29) is 35.3 Å². The number of H-pyrrole nitrogens is 1. The summed E-state index contributed by atoms with van der Waals surface area (Å²) in [6.45, 7) is 16.6. The van der Waals surface area contributed by atoms with Crippen LogP contribution < -0.4 is 24.9 Å². The summed E-state index contributed by atoms with van der Waals surface area (Å²) >= 11 is 0. The number of aromatic amines is 1. The molecule has 3 N–H and O–H groups in total. The predicted molar refractivity (Wildman–Crippen MR) is 228 cm³/mol. The molecule has 5 aliphatic rings. The first-order valence-corrected chi connectivity index (χ1v) is 21.1. The lowest BCUT2D eigenvalue weighted by molar-refractivity contribution is -0.156. The van der Waals surface area contributed by atoms with Crippen LogP contribution in [0, 0.1) is 11.3 Å². The zero-order valence-electron chi connectivity index (χ0n) is 34.4. The van der Waals surface area contributed by atoms with Crippen LogP contribution in [0.4, 0.5) is 27.7 Å². The fourth-order valence-electron chi connectivity index (χ4n) is 9.57. The van der Waals surface area contributed by atoms with E-state index < -0.39 is 12.1 Å². The lowest BCUT2D eigenvalue weighted by Crippen LogP contribution is -2.55. The summed E-state index contributed by atoms with van der Waals surface area (Å²) < 4.78 is 0. The average molecular weight is 806 g/mol. The van der Waals surface area contributed by atoms with Crippen LogP contribution in [-0.4, -0.2) is 131 Å². The Balaban J connectivity index is 0.812. The molecule has 0 aliphatic carbocycles. The molecular weight excluding hydrogens is 751 g/mol. The normalized spacial score (nSPS) is 24.2. The molecule has 5 aliphatic heterocycles. The lowest BCUT2D eigenvalue weighted by Gasteiger charge is -2.44. The minimum atomic E-state index is -1.15. The van der Waals surface area contributed by atoms with Gasteiger partial charge >= 0.3 is 17.9 Å². The number of hydroxylamine groups is 2. The number of imide groups is 1. The number of hydrogen-bond acceptors (Lipinski definition) is 12. The maximum Gasteiger partial charge on any atom is 0.393 e. The summed E-state index contributed by atoms with van der Waals surface area (Å²) in [7, 11) is 0. The molecule has 59 heavy (non-hydrogen) atoms. The van der Waals surface area contributed by atoms with Crippen LogP contribution in [-0.2, 0) is 14.4 Å². The maximum absolute atomic E-state index is 12.3. The number of fused-ring (bicyclic) bond motifs is 3. The Kier molecular flexibility index (Phi) is 10.3. The number of carbonyl (C=O) groups excluding carboxylic acids is 2. The van der Waals surface area contributed by atoms with Crippen LogP contribution in [0.1, 0.15) is 59.8 Å². The van der Waals surface area contributed by atoms with Crippen molar-refractivity contribution >= 4 is 68.6 Å². The largest absolute Gasteiger partial charge is 0.474 e. The van der Waals surface area contributed by atoms with E-state index in [2.05, 4.69) is 97.9 Å². The summed E-state index contributed by atoms with van der Waals surface area (Å²) in [5.74, 6) is -0.0815. The topological polar surface area (TPSA) is 166 Å². The fourth-order valence-corrected chi connectivity index (χ4v) is 9.57. The molecule has 16 heteroatoms. The Labute approximate surface area is 344 Å². The minimum Gasteiger partial charge on any atom is -0.474 e. The third kappa shape index (κ3) is 7.75. The van der Waals surface area contributed by atoms with Crippen molar-refractivity contribution in [2.24, 2.45) is 16.3 Å². The van der Waals surface area contributed by atoms with Gasteiger partial charge in [-0.25, -0.2) is 24.5 Å². The van der Waals surface area contributed by atoms with E-state index in [1.807, 2.05) is 12.1 Å². The number of nitrogens with zero attached hydrogens (tertiary/aromatic N) is 9. The molecular formula is C43H55N11O5. The van der Waals surface area contributed by atoms with Gasteiger partial charge in [-0.2, -0.15) is 0 Å². The Morgan fingerprint density at radius 1 is 0.881 bits per heavy atom. The average Bonchev–Trinajstić information content (AvgIpc) is 3.85. The van der Waals surface area contributed by atoms with Crippen molar-refractivity contribution in [1.29, 1.82) is 0 Å². The standard InChI is InChI=1S/C43H55N11O5/c1-27-5-6-32(54-41(43(2,3)4)48-39(59-54)40(56)57)25-53(27)38-36-33-12-11-31(23-34(33)46-37(36)44-26-45-38)51-21-19-49(20-22-51)24-28-13-16-50(17-14-28)29-7-9-30(10-8-29)52-18-15-35(55)47-42(52)58/h7-12,23,26-28,32,41H,5-6,13-22,24-25H2,1-4H3,(H,56,57)(H,44,45,46)(H,47,55,58)/t27-,32+,41?/m0/s1. The van der Waals surface area contributed by atoms with Gasteiger partial charge in [0, 0.05) is 105 Å². The van der Waals surface area contributed by atoms with Crippen LogP contribution in [0.2, 0.25) is 0 Å². The van der Waals surface area contributed by atoms with Gasteiger partial charge in [0.25, 0.3) is 0 Å². The van der Waals surface area contributed by atoms with E-state index in [0.29, 0.717) is 25.4 Å². The van der Waals surface area contributed by atoms with E-state index in [1.54, 1.807) is 16.3 Å². The van der Waals surface area contributed by atoms with E-state index in [1.165, 1.54) is 11.4 Å². The highest BCUT2D eigenvalue weighted by molar-refractivity contribution is 6.31. The highest BCUT2D eigenvalue weighted by Crippen LogP contribution is 2.39. The maximum atomic E-state index is 12.3. The first kappa shape index (κ1) is 39.0. The number of nitrogens with one attached hydrogen (secondary N) is 2. The van der Waals surface area contributed by atoms with Crippen LogP contribution in [0.5, 0.6) is 0 Å². The molecule has 312 valence electrons.